The Labute approximate surface area is 154 Å². The second kappa shape index (κ2) is 5.37. The quantitative estimate of drug-likeness (QED) is 0.863. The number of benzene rings is 1. The zero-order valence-corrected chi connectivity index (χ0v) is 15.9. The molecule has 2 N–H and O–H groups in total. The van der Waals surface area contributed by atoms with E-state index in [1.807, 2.05) is 6.07 Å². The molecule has 1 saturated carbocycles. The van der Waals surface area contributed by atoms with Gasteiger partial charge in [-0.2, -0.15) is 0 Å². The van der Waals surface area contributed by atoms with Crippen molar-refractivity contribution in [3.8, 4) is 11.5 Å². The van der Waals surface area contributed by atoms with Crippen molar-refractivity contribution in [1.29, 1.82) is 0 Å². The molecule has 2 heterocycles. The average molecular weight is 359 g/mol. The number of aliphatic hydroxyl groups excluding tert-OH is 1. The lowest BCUT2D eigenvalue weighted by Gasteiger charge is -2.63. The SMILES string of the molecule is COc1ccc2c3c1O[C@H]1[C@@H](O)CC[C@@]4(O)[C@@H](C2)N(CC(C)C)CC[C@]314. The summed E-state index contributed by atoms with van der Waals surface area (Å²) in [5.41, 5.74) is 0.999. The van der Waals surface area contributed by atoms with Gasteiger partial charge in [0.2, 0.25) is 0 Å². The molecule has 5 atom stereocenters. The number of hydrogen-bond donors (Lipinski definition) is 2. The van der Waals surface area contributed by atoms with Crippen LogP contribution in [-0.4, -0.2) is 59.2 Å². The van der Waals surface area contributed by atoms with E-state index in [0.29, 0.717) is 24.5 Å². The minimum absolute atomic E-state index is 0.0871. The van der Waals surface area contributed by atoms with Gasteiger partial charge in [0, 0.05) is 18.2 Å². The number of methoxy groups -OCH3 is 1. The zero-order chi connectivity index (χ0) is 18.3. The van der Waals surface area contributed by atoms with E-state index in [0.717, 1.165) is 37.2 Å². The summed E-state index contributed by atoms with van der Waals surface area (Å²) in [6, 6.07) is 4.20. The lowest BCUT2D eigenvalue weighted by molar-refractivity contribution is -0.208. The van der Waals surface area contributed by atoms with Crippen LogP contribution >= 0.6 is 0 Å². The Morgan fingerprint density at radius 1 is 1.35 bits per heavy atom. The molecule has 0 aromatic heterocycles. The molecule has 5 rings (SSSR count). The van der Waals surface area contributed by atoms with E-state index in [2.05, 4.69) is 24.8 Å². The molecule has 5 heteroatoms. The van der Waals surface area contributed by atoms with Crippen molar-refractivity contribution in [3.05, 3.63) is 23.3 Å². The summed E-state index contributed by atoms with van der Waals surface area (Å²) in [5, 5.41) is 22.9. The Bertz CT molecular complexity index is 750. The Hall–Kier alpha value is -1.30. The van der Waals surface area contributed by atoms with E-state index in [9.17, 15) is 10.2 Å². The highest BCUT2D eigenvalue weighted by Gasteiger charge is 2.72. The van der Waals surface area contributed by atoms with Gasteiger partial charge in [0.25, 0.3) is 0 Å². The molecule has 0 unspecified atom stereocenters. The predicted octanol–water partition coefficient (Wildman–Crippen LogP) is 1.87. The largest absolute Gasteiger partial charge is 0.493 e. The first-order valence-corrected chi connectivity index (χ1v) is 9.94. The molecule has 2 fully saturated rings. The van der Waals surface area contributed by atoms with Crippen LogP contribution in [0.3, 0.4) is 0 Å². The van der Waals surface area contributed by atoms with Gasteiger partial charge in [-0.15, -0.1) is 0 Å². The van der Waals surface area contributed by atoms with Crippen molar-refractivity contribution in [2.75, 3.05) is 20.2 Å². The fourth-order valence-electron chi connectivity index (χ4n) is 6.44. The van der Waals surface area contributed by atoms with Gasteiger partial charge >= 0.3 is 0 Å². The van der Waals surface area contributed by atoms with Crippen LogP contribution in [0.4, 0.5) is 0 Å². The first kappa shape index (κ1) is 16.8. The molecule has 5 nitrogen and oxygen atoms in total. The second-order valence-electron chi connectivity index (χ2n) is 9.03. The fraction of sp³-hybridized carbons (Fsp3) is 0.714. The van der Waals surface area contributed by atoms with Gasteiger partial charge in [0.05, 0.1) is 24.2 Å². The summed E-state index contributed by atoms with van der Waals surface area (Å²) in [4.78, 5) is 2.48. The number of nitrogens with zero attached hydrogens (tertiary/aromatic N) is 1. The standard InChI is InChI=1S/C21H29NO4/c1-12(2)11-22-9-8-20-17-13-4-5-15(25-3)18(17)26-19(20)14(23)6-7-21(20,24)16(22)10-13/h4-5,12,14,16,19,23-24H,6-11H2,1-3H3/t14-,16+,19-,20-,21+/m0/s1. The second-order valence-corrected chi connectivity index (χ2v) is 9.03. The molecule has 0 radical (unpaired) electrons. The van der Waals surface area contributed by atoms with Crippen molar-refractivity contribution >= 4 is 0 Å². The molecule has 2 aliphatic carbocycles. The van der Waals surface area contributed by atoms with Gasteiger partial charge in [0.15, 0.2) is 11.5 Å². The molecular weight excluding hydrogens is 330 g/mol. The van der Waals surface area contributed by atoms with Crippen LogP contribution in [0.1, 0.15) is 44.2 Å². The summed E-state index contributed by atoms with van der Waals surface area (Å²) in [6.45, 7) is 6.41. The maximum Gasteiger partial charge on any atom is 0.166 e. The third-order valence-corrected chi connectivity index (χ3v) is 7.35. The lowest BCUT2D eigenvalue weighted by Crippen LogP contribution is -2.77. The summed E-state index contributed by atoms with van der Waals surface area (Å²) in [7, 11) is 1.65. The molecule has 142 valence electrons. The van der Waals surface area contributed by atoms with Crippen molar-refractivity contribution in [2.24, 2.45) is 5.92 Å². The van der Waals surface area contributed by atoms with Crippen LogP contribution in [-0.2, 0) is 11.8 Å². The molecule has 0 amide bonds. The van der Waals surface area contributed by atoms with Crippen molar-refractivity contribution in [1.82, 2.24) is 4.90 Å². The van der Waals surface area contributed by atoms with Gasteiger partial charge in [0.1, 0.15) is 6.10 Å². The monoisotopic (exact) mass is 359 g/mol. The first-order chi connectivity index (χ1) is 12.4. The highest BCUT2D eigenvalue weighted by Crippen LogP contribution is 2.65. The molecule has 2 aliphatic heterocycles. The maximum absolute atomic E-state index is 12.1. The van der Waals surface area contributed by atoms with Gasteiger partial charge in [-0.3, -0.25) is 4.90 Å². The Morgan fingerprint density at radius 2 is 2.15 bits per heavy atom. The van der Waals surface area contributed by atoms with E-state index >= 15 is 0 Å². The minimum atomic E-state index is -0.853. The van der Waals surface area contributed by atoms with Crippen molar-refractivity contribution < 1.29 is 19.7 Å². The maximum atomic E-state index is 12.1. The van der Waals surface area contributed by atoms with E-state index in [-0.39, 0.29) is 12.1 Å². The topological polar surface area (TPSA) is 62.2 Å². The van der Waals surface area contributed by atoms with Crippen LogP contribution in [0, 0.1) is 5.92 Å². The third kappa shape index (κ3) is 1.82. The summed E-state index contributed by atoms with van der Waals surface area (Å²) >= 11 is 0. The van der Waals surface area contributed by atoms with Crippen molar-refractivity contribution in [3.63, 3.8) is 0 Å². The number of ether oxygens (including phenoxy) is 2. The molecule has 1 saturated heterocycles. The van der Waals surface area contributed by atoms with Crippen LogP contribution in [0.25, 0.3) is 0 Å². The predicted molar refractivity (Wildman–Crippen MR) is 97.8 cm³/mol. The van der Waals surface area contributed by atoms with Gasteiger partial charge in [-0.1, -0.05) is 19.9 Å². The lowest BCUT2D eigenvalue weighted by atomic mass is 9.48. The van der Waals surface area contributed by atoms with E-state index in [4.69, 9.17) is 9.47 Å². The fourth-order valence-corrected chi connectivity index (χ4v) is 6.44. The summed E-state index contributed by atoms with van der Waals surface area (Å²) < 4.78 is 11.9. The van der Waals surface area contributed by atoms with Gasteiger partial charge < -0.3 is 19.7 Å². The smallest absolute Gasteiger partial charge is 0.166 e. The molecule has 4 aliphatic rings. The number of aliphatic hydroxyl groups is 2. The summed E-state index contributed by atoms with van der Waals surface area (Å²) in [6.07, 6.45) is 1.95. The Balaban J connectivity index is 1.73. The average Bonchev–Trinajstić information content (AvgIpc) is 2.95. The highest BCUT2D eigenvalue weighted by atomic mass is 16.5. The normalized spacial score (nSPS) is 40.3. The summed E-state index contributed by atoms with van der Waals surface area (Å²) in [5.74, 6) is 2.03. The van der Waals surface area contributed by atoms with Gasteiger partial charge in [-0.05, 0) is 49.8 Å². The molecule has 1 aromatic rings. The van der Waals surface area contributed by atoms with E-state index in [1.165, 1.54) is 5.56 Å². The number of hydrogen-bond acceptors (Lipinski definition) is 5. The van der Waals surface area contributed by atoms with Crippen LogP contribution < -0.4 is 9.47 Å². The highest BCUT2D eigenvalue weighted by molar-refractivity contribution is 5.62. The molecular formula is C21H29NO4. The van der Waals surface area contributed by atoms with Crippen LogP contribution in [0.5, 0.6) is 11.5 Å². The van der Waals surface area contributed by atoms with E-state index < -0.39 is 17.1 Å². The molecule has 26 heavy (non-hydrogen) atoms. The number of likely N-dealkylation sites (tertiary alicyclic amines) is 1. The first-order valence-electron chi connectivity index (χ1n) is 9.94. The van der Waals surface area contributed by atoms with Crippen LogP contribution in [0.2, 0.25) is 0 Å². The van der Waals surface area contributed by atoms with Gasteiger partial charge in [-0.25, -0.2) is 0 Å². The molecule has 1 aromatic carbocycles. The third-order valence-electron chi connectivity index (χ3n) is 7.35. The van der Waals surface area contributed by atoms with Crippen LogP contribution in [0.15, 0.2) is 12.1 Å². The Kier molecular flexibility index (Phi) is 3.48. The molecule has 1 spiro atoms. The van der Waals surface area contributed by atoms with E-state index in [1.54, 1.807) is 7.11 Å². The Morgan fingerprint density at radius 3 is 2.88 bits per heavy atom. The zero-order valence-electron chi connectivity index (χ0n) is 15.9. The number of rotatable bonds is 3. The molecule has 2 bridgehead atoms. The minimum Gasteiger partial charge on any atom is -0.493 e. The number of piperidine rings is 1. The van der Waals surface area contributed by atoms with Crippen molar-refractivity contribution in [2.45, 2.75) is 68.8 Å².